The molecule has 0 aliphatic heterocycles. The first kappa shape index (κ1) is 22.6. The minimum Gasteiger partial charge on any atom is -0.465 e. The van der Waals surface area contributed by atoms with Crippen molar-refractivity contribution in [2.75, 3.05) is 14.2 Å². The van der Waals surface area contributed by atoms with Crippen LogP contribution < -0.4 is 10.0 Å². The quantitative estimate of drug-likeness (QED) is 0.536. The molecule has 0 fully saturated rings. The number of aromatic amines is 1. The highest BCUT2D eigenvalue weighted by molar-refractivity contribution is 7.88. The molecular weight excluding hydrogens is 394 g/mol. The number of ether oxygens (including phenoxy) is 1. The summed E-state index contributed by atoms with van der Waals surface area (Å²) in [7, 11) is -0.640. The molecule has 29 heavy (non-hydrogen) atoms. The van der Waals surface area contributed by atoms with E-state index in [-0.39, 0.29) is 18.2 Å². The van der Waals surface area contributed by atoms with E-state index in [1.165, 1.54) is 14.2 Å². The largest absolute Gasteiger partial charge is 0.465 e. The molecule has 2 rings (SSSR count). The second-order valence-electron chi connectivity index (χ2n) is 6.68. The number of nitrogens with one attached hydrogen (secondary N) is 3. The Morgan fingerprint density at radius 2 is 1.76 bits per heavy atom. The number of carbonyl (C=O) groups excluding carboxylic acids is 2. The molecule has 1 amide bonds. The van der Waals surface area contributed by atoms with Crippen LogP contribution in [0.3, 0.4) is 0 Å². The van der Waals surface area contributed by atoms with Crippen molar-refractivity contribution >= 4 is 21.9 Å². The van der Waals surface area contributed by atoms with Gasteiger partial charge in [-0.25, -0.2) is 17.9 Å². The van der Waals surface area contributed by atoms with Crippen LogP contribution in [0.15, 0.2) is 24.3 Å². The molecule has 8 nitrogen and oxygen atoms in total. The first-order valence-electron chi connectivity index (χ1n) is 9.29. The second kappa shape index (κ2) is 9.71. The summed E-state index contributed by atoms with van der Waals surface area (Å²) in [4.78, 5) is 27.8. The average Bonchev–Trinajstić information content (AvgIpc) is 3.03. The third kappa shape index (κ3) is 5.68. The van der Waals surface area contributed by atoms with Crippen LogP contribution in [-0.2, 0) is 33.5 Å². The number of carbonyl (C=O) groups is 2. The van der Waals surface area contributed by atoms with Gasteiger partial charge < -0.3 is 15.0 Å². The number of benzene rings is 1. The summed E-state index contributed by atoms with van der Waals surface area (Å²) in [6.45, 7) is 3.98. The van der Waals surface area contributed by atoms with Crippen LogP contribution in [0.2, 0.25) is 0 Å². The fourth-order valence-corrected chi connectivity index (χ4v) is 3.84. The predicted molar refractivity (Wildman–Crippen MR) is 110 cm³/mol. The highest BCUT2D eigenvalue weighted by Gasteiger charge is 2.24. The molecule has 0 saturated carbocycles. The maximum absolute atomic E-state index is 12.7. The van der Waals surface area contributed by atoms with Gasteiger partial charge in [0.05, 0.1) is 18.4 Å². The minimum absolute atomic E-state index is 0.103. The van der Waals surface area contributed by atoms with Crippen LogP contribution in [0.4, 0.5) is 0 Å². The van der Waals surface area contributed by atoms with Crippen molar-refractivity contribution in [3.8, 4) is 0 Å². The molecule has 0 aliphatic rings. The smallest absolute Gasteiger partial charge is 0.339 e. The maximum atomic E-state index is 12.7. The highest BCUT2D eigenvalue weighted by Crippen LogP contribution is 2.22. The van der Waals surface area contributed by atoms with Crippen molar-refractivity contribution in [2.24, 2.45) is 0 Å². The monoisotopic (exact) mass is 421 g/mol. The van der Waals surface area contributed by atoms with E-state index in [2.05, 4.69) is 15.0 Å². The van der Waals surface area contributed by atoms with Crippen molar-refractivity contribution in [2.45, 2.75) is 39.0 Å². The van der Waals surface area contributed by atoms with Gasteiger partial charge in [-0.3, -0.25) is 4.79 Å². The lowest BCUT2D eigenvalue weighted by Crippen LogP contribution is -2.24. The average molecular weight is 422 g/mol. The Bertz CT molecular complexity index is 978. The van der Waals surface area contributed by atoms with Crippen molar-refractivity contribution in [1.82, 2.24) is 15.0 Å². The van der Waals surface area contributed by atoms with Gasteiger partial charge in [0.1, 0.15) is 5.69 Å². The molecule has 0 atom stereocenters. The zero-order valence-corrected chi connectivity index (χ0v) is 17.9. The number of sulfonamides is 1. The van der Waals surface area contributed by atoms with E-state index in [1.54, 1.807) is 31.2 Å². The highest BCUT2D eigenvalue weighted by atomic mass is 32.2. The van der Waals surface area contributed by atoms with Crippen molar-refractivity contribution < 1.29 is 22.7 Å². The Labute approximate surface area is 171 Å². The molecule has 0 spiro atoms. The molecule has 158 valence electrons. The molecule has 1 aromatic carbocycles. The van der Waals surface area contributed by atoms with Gasteiger partial charge in [0.25, 0.3) is 5.91 Å². The molecule has 0 unspecified atom stereocenters. The zero-order valence-electron chi connectivity index (χ0n) is 17.1. The Hall–Kier alpha value is -2.65. The van der Waals surface area contributed by atoms with E-state index in [1.807, 2.05) is 6.92 Å². The predicted octanol–water partition coefficient (Wildman–Crippen LogP) is 2.04. The van der Waals surface area contributed by atoms with Gasteiger partial charge in [-0.05, 0) is 37.1 Å². The maximum Gasteiger partial charge on any atom is 0.339 e. The lowest BCUT2D eigenvalue weighted by atomic mass is 10.0. The lowest BCUT2D eigenvalue weighted by molar-refractivity contribution is 0.0599. The van der Waals surface area contributed by atoms with Gasteiger partial charge in [0, 0.05) is 12.2 Å². The standard InChI is InChI=1S/C20H27N3O5S/c1-5-6-16-17(20(25)28-4)13(2)23-18(16)19(24)22-11-14-7-9-15(10-8-14)12-29(26,27)21-3/h7-10,21,23H,5-6,11-12H2,1-4H3,(H,22,24). The van der Waals surface area contributed by atoms with E-state index in [0.29, 0.717) is 34.5 Å². The number of hydrogen-bond donors (Lipinski definition) is 3. The topological polar surface area (TPSA) is 117 Å². The third-order valence-corrected chi connectivity index (χ3v) is 5.89. The number of aryl methyl sites for hydroxylation is 1. The van der Waals surface area contributed by atoms with Gasteiger partial charge in [0.2, 0.25) is 10.0 Å². The van der Waals surface area contributed by atoms with Crippen LogP contribution in [0.5, 0.6) is 0 Å². The number of methoxy groups -OCH3 is 1. The molecule has 0 saturated heterocycles. The van der Waals surface area contributed by atoms with E-state index in [9.17, 15) is 18.0 Å². The van der Waals surface area contributed by atoms with Gasteiger partial charge >= 0.3 is 5.97 Å². The number of aromatic nitrogens is 1. The lowest BCUT2D eigenvalue weighted by Gasteiger charge is -2.08. The molecule has 9 heteroatoms. The summed E-state index contributed by atoms with van der Waals surface area (Å²) in [5.74, 6) is -0.879. The van der Waals surface area contributed by atoms with Crippen molar-refractivity contribution in [3.05, 3.63) is 57.9 Å². The van der Waals surface area contributed by atoms with E-state index >= 15 is 0 Å². The fourth-order valence-electron chi connectivity index (χ4n) is 3.06. The first-order chi connectivity index (χ1) is 13.7. The number of esters is 1. The van der Waals surface area contributed by atoms with Crippen molar-refractivity contribution in [1.29, 1.82) is 0 Å². The Morgan fingerprint density at radius 1 is 1.14 bits per heavy atom. The van der Waals surface area contributed by atoms with Gasteiger partial charge in [-0.1, -0.05) is 37.6 Å². The van der Waals surface area contributed by atoms with Crippen LogP contribution in [0, 0.1) is 6.92 Å². The second-order valence-corrected chi connectivity index (χ2v) is 8.61. The summed E-state index contributed by atoms with van der Waals surface area (Å²) in [6, 6.07) is 6.97. The van der Waals surface area contributed by atoms with E-state index in [4.69, 9.17) is 4.74 Å². The summed E-state index contributed by atoms with van der Waals surface area (Å²) < 4.78 is 30.3. The van der Waals surface area contributed by atoms with Crippen LogP contribution >= 0.6 is 0 Å². The summed E-state index contributed by atoms with van der Waals surface area (Å²) in [5, 5.41) is 2.84. The van der Waals surface area contributed by atoms with E-state index in [0.717, 1.165) is 12.0 Å². The molecule has 0 aliphatic carbocycles. The molecule has 2 aromatic rings. The summed E-state index contributed by atoms with van der Waals surface area (Å²) in [6.07, 6.45) is 1.35. The number of H-pyrrole nitrogens is 1. The number of amides is 1. The Kier molecular flexibility index (Phi) is 7.58. The van der Waals surface area contributed by atoms with Gasteiger partial charge in [0.15, 0.2) is 0 Å². The molecular formula is C20H27N3O5S. The summed E-state index contributed by atoms with van der Waals surface area (Å²) >= 11 is 0. The third-order valence-electron chi connectivity index (χ3n) is 4.55. The molecule has 0 bridgehead atoms. The van der Waals surface area contributed by atoms with Gasteiger partial charge in [-0.2, -0.15) is 0 Å². The number of hydrogen-bond acceptors (Lipinski definition) is 5. The van der Waals surface area contributed by atoms with E-state index < -0.39 is 16.0 Å². The van der Waals surface area contributed by atoms with Crippen LogP contribution in [-0.4, -0.2) is 39.4 Å². The SMILES string of the molecule is CCCc1c(C(=O)NCc2ccc(CS(=O)(=O)NC)cc2)[nH]c(C)c1C(=O)OC. The van der Waals surface area contributed by atoms with Gasteiger partial charge in [-0.15, -0.1) is 0 Å². The molecule has 3 N–H and O–H groups in total. The Morgan fingerprint density at radius 3 is 2.31 bits per heavy atom. The number of rotatable bonds is 9. The summed E-state index contributed by atoms with van der Waals surface area (Å²) in [5.41, 5.74) is 3.51. The molecule has 1 heterocycles. The zero-order chi connectivity index (χ0) is 21.6. The van der Waals surface area contributed by atoms with Crippen molar-refractivity contribution in [3.63, 3.8) is 0 Å². The normalized spacial score (nSPS) is 11.3. The Balaban J connectivity index is 2.12. The van der Waals surface area contributed by atoms with Crippen LogP contribution in [0.1, 0.15) is 56.6 Å². The first-order valence-corrected chi connectivity index (χ1v) is 10.9. The van der Waals surface area contributed by atoms with Crippen LogP contribution in [0.25, 0.3) is 0 Å². The molecule has 0 radical (unpaired) electrons. The molecule has 1 aromatic heterocycles. The fraction of sp³-hybridized carbons (Fsp3) is 0.400. The minimum atomic E-state index is -3.33.